The molecule has 142 valence electrons. The van der Waals surface area contributed by atoms with E-state index in [0.717, 1.165) is 0 Å². The van der Waals surface area contributed by atoms with Crippen LogP contribution >= 0.6 is 11.6 Å². The highest BCUT2D eigenvalue weighted by Crippen LogP contribution is 2.16. The van der Waals surface area contributed by atoms with Gasteiger partial charge in [0, 0.05) is 5.02 Å². The van der Waals surface area contributed by atoms with E-state index < -0.39 is 16.0 Å². The highest BCUT2D eigenvalue weighted by Gasteiger charge is 2.11. The fourth-order valence-electron chi connectivity index (χ4n) is 2.23. The molecule has 0 aliphatic carbocycles. The third-order valence-electron chi connectivity index (χ3n) is 3.59. The fraction of sp³-hybridized carbons (Fsp3) is 0. The maximum absolute atomic E-state index is 12.1. The van der Waals surface area contributed by atoms with Gasteiger partial charge in [0.1, 0.15) is 5.75 Å². The molecular weight excluding hydrogens is 400 g/mol. The molecule has 0 spiro atoms. The van der Waals surface area contributed by atoms with Crippen LogP contribution in [0, 0.1) is 0 Å². The van der Waals surface area contributed by atoms with E-state index in [4.69, 9.17) is 16.3 Å². The summed E-state index contributed by atoms with van der Waals surface area (Å²) < 4.78 is 29.5. The molecule has 0 amide bonds. The molecule has 1 N–H and O–H groups in total. The Morgan fingerprint density at radius 1 is 0.964 bits per heavy atom. The second-order valence-electron chi connectivity index (χ2n) is 5.63. The van der Waals surface area contributed by atoms with Gasteiger partial charge in [0.2, 0.25) is 0 Å². The Morgan fingerprint density at radius 2 is 1.68 bits per heavy atom. The number of sulfonamides is 1. The molecule has 0 saturated carbocycles. The number of hydrogen-bond acceptors (Lipinski definition) is 5. The number of esters is 1. The standard InChI is InChI=1S/C20H15ClN2O4S/c21-17-11-9-16(10-12-17)20(24)27-18-6-4-5-15(13-18)14-22-23-28(25,26)19-7-2-1-3-8-19/h1-14,23H/b22-14-. The first-order valence-electron chi connectivity index (χ1n) is 8.12. The van der Waals surface area contributed by atoms with Crippen molar-refractivity contribution in [2.45, 2.75) is 4.90 Å². The Bertz CT molecular complexity index is 1100. The summed E-state index contributed by atoms with van der Waals surface area (Å²) in [6.07, 6.45) is 1.32. The van der Waals surface area contributed by atoms with Crippen LogP contribution in [0.5, 0.6) is 5.75 Å². The summed E-state index contributed by atoms with van der Waals surface area (Å²) in [5.74, 6) is -0.231. The predicted octanol–water partition coefficient (Wildman–Crippen LogP) is 3.87. The molecule has 0 unspecified atom stereocenters. The van der Waals surface area contributed by atoms with Crippen molar-refractivity contribution in [3.8, 4) is 5.75 Å². The highest BCUT2D eigenvalue weighted by molar-refractivity contribution is 7.89. The summed E-state index contributed by atoms with van der Waals surface area (Å²) in [5, 5.41) is 4.28. The number of nitrogens with one attached hydrogen (secondary N) is 1. The smallest absolute Gasteiger partial charge is 0.343 e. The molecule has 3 rings (SSSR count). The summed E-state index contributed by atoms with van der Waals surface area (Å²) in [5.41, 5.74) is 0.913. The molecule has 6 nitrogen and oxygen atoms in total. The summed E-state index contributed by atoms with van der Waals surface area (Å²) in [4.78, 5) is 14.4. The quantitative estimate of drug-likeness (QED) is 0.287. The van der Waals surface area contributed by atoms with E-state index in [0.29, 0.717) is 21.9 Å². The van der Waals surface area contributed by atoms with Crippen molar-refractivity contribution < 1.29 is 17.9 Å². The summed E-state index contributed by atoms with van der Waals surface area (Å²) in [7, 11) is -3.74. The minimum absolute atomic E-state index is 0.109. The number of rotatable bonds is 6. The number of ether oxygens (including phenoxy) is 1. The molecule has 0 bridgehead atoms. The number of hydrogen-bond donors (Lipinski definition) is 1. The van der Waals surface area contributed by atoms with E-state index in [1.807, 2.05) is 0 Å². The Kier molecular flexibility index (Phi) is 6.08. The SMILES string of the molecule is O=C(Oc1cccc(/C=N\NS(=O)(=O)c2ccccc2)c1)c1ccc(Cl)cc1. The minimum Gasteiger partial charge on any atom is -0.423 e. The average molecular weight is 415 g/mol. The van der Waals surface area contributed by atoms with Crippen LogP contribution < -0.4 is 9.57 Å². The molecule has 0 fully saturated rings. The minimum atomic E-state index is -3.74. The second-order valence-corrected chi connectivity index (χ2v) is 7.73. The van der Waals surface area contributed by atoms with Crippen molar-refractivity contribution in [2.75, 3.05) is 0 Å². The molecule has 0 aliphatic heterocycles. The maximum Gasteiger partial charge on any atom is 0.343 e. The van der Waals surface area contributed by atoms with E-state index in [1.54, 1.807) is 66.7 Å². The lowest BCUT2D eigenvalue weighted by atomic mass is 10.2. The van der Waals surface area contributed by atoms with Gasteiger partial charge in [0.05, 0.1) is 16.7 Å². The lowest BCUT2D eigenvalue weighted by Crippen LogP contribution is -2.18. The van der Waals surface area contributed by atoms with Crippen molar-refractivity contribution in [3.05, 3.63) is 95.0 Å². The van der Waals surface area contributed by atoms with Crippen LogP contribution in [0.25, 0.3) is 0 Å². The Morgan fingerprint density at radius 3 is 2.39 bits per heavy atom. The average Bonchev–Trinajstić information content (AvgIpc) is 2.69. The van der Waals surface area contributed by atoms with E-state index in [-0.39, 0.29) is 4.90 Å². The van der Waals surface area contributed by atoms with E-state index in [9.17, 15) is 13.2 Å². The van der Waals surface area contributed by atoms with Gasteiger partial charge >= 0.3 is 5.97 Å². The summed E-state index contributed by atoms with van der Waals surface area (Å²) >= 11 is 5.80. The monoisotopic (exact) mass is 414 g/mol. The first kappa shape index (κ1) is 19.6. The molecule has 0 atom stereocenters. The lowest BCUT2D eigenvalue weighted by Gasteiger charge is -2.05. The van der Waals surface area contributed by atoms with Crippen molar-refractivity contribution in [1.29, 1.82) is 0 Å². The van der Waals surface area contributed by atoms with Gasteiger partial charge in [0.25, 0.3) is 10.0 Å². The maximum atomic E-state index is 12.1. The first-order chi connectivity index (χ1) is 13.4. The Balaban J connectivity index is 1.67. The van der Waals surface area contributed by atoms with Gasteiger partial charge in [-0.3, -0.25) is 0 Å². The molecule has 0 aromatic heterocycles. The molecule has 8 heteroatoms. The van der Waals surface area contributed by atoms with E-state index >= 15 is 0 Å². The molecule has 0 aliphatic rings. The zero-order valence-corrected chi connectivity index (χ0v) is 16.0. The molecule has 28 heavy (non-hydrogen) atoms. The van der Waals surface area contributed by atoms with E-state index in [1.165, 1.54) is 18.3 Å². The number of hydrazone groups is 1. The van der Waals surface area contributed by atoms with Gasteiger partial charge in [0.15, 0.2) is 0 Å². The number of halogens is 1. The largest absolute Gasteiger partial charge is 0.423 e. The zero-order chi connectivity index (χ0) is 20.0. The molecular formula is C20H15ClN2O4S. The van der Waals surface area contributed by atoms with Crippen molar-refractivity contribution in [2.24, 2.45) is 5.10 Å². The molecule has 0 heterocycles. The zero-order valence-electron chi connectivity index (χ0n) is 14.4. The van der Waals surface area contributed by atoms with Crippen molar-refractivity contribution in [1.82, 2.24) is 4.83 Å². The van der Waals surface area contributed by atoms with Gasteiger partial charge in [-0.1, -0.05) is 41.9 Å². The van der Waals surface area contributed by atoms with Gasteiger partial charge in [-0.05, 0) is 54.1 Å². The summed E-state index contributed by atoms with van der Waals surface area (Å²) in [6.45, 7) is 0. The normalized spacial score (nSPS) is 11.3. The second kappa shape index (κ2) is 8.69. The van der Waals surface area contributed by atoms with Crippen molar-refractivity contribution >= 4 is 33.8 Å². The van der Waals surface area contributed by atoms with Gasteiger partial charge in [-0.25, -0.2) is 9.63 Å². The predicted molar refractivity (Wildman–Crippen MR) is 107 cm³/mol. The van der Waals surface area contributed by atoms with Gasteiger partial charge in [-0.15, -0.1) is 0 Å². The molecule has 0 saturated heterocycles. The van der Waals surface area contributed by atoms with Crippen LogP contribution in [0.1, 0.15) is 15.9 Å². The Labute approximate surface area is 167 Å². The molecule has 0 radical (unpaired) electrons. The third kappa shape index (κ3) is 5.18. The fourth-order valence-corrected chi connectivity index (χ4v) is 3.17. The lowest BCUT2D eigenvalue weighted by molar-refractivity contribution is 0.0735. The van der Waals surface area contributed by atoms with Crippen LogP contribution in [-0.4, -0.2) is 20.6 Å². The van der Waals surface area contributed by atoms with Gasteiger partial charge < -0.3 is 4.74 Å². The van der Waals surface area contributed by atoms with Crippen LogP contribution in [0.2, 0.25) is 5.02 Å². The van der Waals surface area contributed by atoms with Gasteiger partial charge in [-0.2, -0.15) is 13.5 Å². The van der Waals surface area contributed by atoms with Crippen molar-refractivity contribution in [3.63, 3.8) is 0 Å². The number of nitrogens with zero attached hydrogens (tertiary/aromatic N) is 1. The summed E-state index contributed by atoms with van der Waals surface area (Å²) in [6, 6.07) is 20.8. The van der Waals surface area contributed by atoms with Crippen LogP contribution in [0.3, 0.4) is 0 Å². The van der Waals surface area contributed by atoms with Crippen LogP contribution in [0.4, 0.5) is 0 Å². The van der Waals surface area contributed by atoms with Crippen LogP contribution in [-0.2, 0) is 10.0 Å². The van der Waals surface area contributed by atoms with Crippen LogP contribution in [0.15, 0.2) is 88.9 Å². The Hall–Kier alpha value is -3.16. The number of benzene rings is 3. The molecule has 3 aromatic rings. The highest BCUT2D eigenvalue weighted by atomic mass is 35.5. The number of carbonyl (C=O) groups excluding carboxylic acids is 1. The third-order valence-corrected chi connectivity index (χ3v) is 5.08. The molecule has 3 aromatic carbocycles. The number of carbonyl (C=O) groups is 1. The first-order valence-corrected chi connectivity index (χ1v) is 9.98. The topological polar surface area (TPSA) is 84.8 Å². The van der Waals surface area contributed by atoms with E-state index in [2.05, 4.69) is 9.93 Å².